The van der Waals surface area contributed by atoms with Crippen LogP contribution in [0.4, 0.5) is 16.3 Å². The fraction of sp³-hybridized carbons (Fsp3) is 0.458. The van der Waals surface area contributed by atoms with Crippen LogP contribution >= 0.6 is 11.3 Å². The summed E-state index contributed by atoms with van der Waals surface area (Å²) in [6.45, 7) is 1.76. The van der Waals surface area contributed by atoms with Crippen molar-refractivity contribution < 1.29 is 4.79 Å². The Morgan fingerprint density at radius 1 is 0.968 bits per heavy atom. The third kappa shape index (κ3) is 4.66. The fourth-order valence-corrected chi connectivity index (χ4v) is 5.73. The summed E-state index contributed by atoms with van der Waals surface area (Å²) in [7, 11) is 0. The largest absolute Gasteiger partial charge is 0.355 e. The van der Waals surface area contributed by atoms with Gasteiger partial charge in [-0.3, -0.25) is 0 Å². The van der Waals surface area contributed by atoms with Crippen molar-refractivity contribution in [3.8, 4) is 0 Å². The third-order valence-electron chi connectivity index (χ3n) is 6.60. The van der Waals surface area contributed by atoms with Crippen molar-refractivity contribution in [1.29, 1.82) is 0 Å². The Hall–Kier alpha value is -2.67. The molecule has 3 heterocycles. The van der Waals surface area contributed by atoms with Crippen molar-refractivity contribution in [2.75, 3.05) is 23.3 Å². The number of urea groups is 1. The Bertz CT molecular complexity index is 1020. The molecule has 0 atom stereocenters. The van der Waals surface area contributed by atoms with Crippen molar-refractivity contribution in [3.63, 3.8) is 0 Å². The van der Waals surface area contributed by atoms with Gasteiger partial charge in [-0.2, -0.15) is 0 Å². The van der Waals surface area contributed by atoms with Crippen LogP contribution in [0.2, 0.25) is 0 Å². The number of amides is 2. The van der Waals surface area contributed by atoms with Crippen molar-refractivity contribution in [3.05, 3.63) is 47.6 Å². The number of hydrogen-bond acceptors (Lipinski definition) is 5. The average Bonchev–Trinajstić information content (AvgIpc) is 3.30. The lowest BCUT2D eigenvalue weighted by Gasteiger charge is -2.33. The highest BCUT2D eigenvalue weighted by molar-refractivity contribution is 7.17. The minimum absolute atomic E-state index is 0.119. The third-order valence-corrected chi connectivity index (χ3v) is 7.50. The quantitative estimate of drug-likeness (QED) is 0.565. The van der Waals surface area contributed by atoms with Gasteiger partial charge in [-0.25, -0.2) is 14.8 Å². The summed E-state index contributed by atoms with van der Waals surface area (Å²) >= 11 is 1.68. The van der Waals surface area contributed by atoms with Gasteiger partial charge in [0.1, 0.15) is 12.1 Å². The molecule has 162 valence electrons. The number of carbonyl (C=O) groups is 1. The number of anilines is 2. The van der Waals surface area contributed by atoms with Gasteiger partial charge in [-0.05, 0) is 60.7 Å². The molecule has 5 rings (SSSR count). The maximum atomic E-state index is 12.5. The topological polar surface area (TPSA) is 70.2 Å². The molecular formula is C24H29N5OS. The Balaban J connectivity index is 1.12. The number of nitrogens with zero attached hydrogens (tertiary/aromatic N) is 3. The van der Waals surface area contributed by atoms with Crippen LogP contribution in [0.5, 0.6) is 0 Å². The molecule has 2 N–H and O–H groups in total. The molecule has 6 nitrogen and oxygen atoms in total. The van der Waals surface area contributed by atoms with Gasteiger partial charge in [0.15, 0.2) is 0 Å². The molecule has 0 unspecified atom stereocenters. The maximum absolute atomic E-state index is 12.5. The monoisotopic (exact) mass is 435 g/mol. The number of thiophene rings is 1. The average molecular weight is 436 g/mol. The van der Waals surface area contributed by atoms with E-state index in [0.29, 0.717) is 5.92 Å². The number of nitrogens with one attached hydrogen (secondary N) is 2. The summed E-state index contributed by atoms with van der Waals surface area (Å²) < 4.78 is 1.14. The summed E-state index contributed by atoms with van der Waals surface area (Å²) in [5.41, 5.74) is 3.27. The van der Waals surface area contributed by atoms with Crippen molar-refractivity contribution in [2.45, 2.75) is 56.9 Å². The Kier molecular flexibility index (Phi) is 6.02. The minimum Gasteiger partial charge on any atom is -0.355 e. The molecule has 1 aliphatic carbocycles. The van der Waals surface area contributed by atoms with Crippen molar-refractivity contribution in [1.82, 2.24) is 15.3 Å². The number of hydrogen-bond donors (Lipinski definition) is 2. The van der Waals surface area contributed by atoms with E-state index in [0.717, 1.165) is 47.7 Å². The number of benzene rings is 1. The summed E-state index contributed by atoms with van der Waals surface area (Å²) in [5.74, 6) is 1.70. The SMILES string of the molecule is O=C(Nc1ccc(C2CCCCC2)cc1)NC1CCN(c2ncnc3ccsc23)CC1. The summed E-state index contributed by atoms with van der Waals surface area (Å²) in [6, 6.07) is 10.5. The number of fused-ring (bicyclic) bond motifs is 1. The van der Waals surface area contributed by atoms with Gasteiger partial charge < -0.3 is 15.5 Å². The highest BCUT2D eigenvalue weighted by Crippen LogP contribution is 2.33. The van der Waals surface area contributed by atoms with Gasteiger partial charge >= 0.3 is 6.03 Å². The molecule has 31 heavy (non-hydrogen) atoms. The molecule has 1 saturated carbocycles. The molecule has 1 saturated heterocycles. The second-order valence-electron chi connectivity index (χ2n) is 8.65. The normalized spacial score (nSPS) is 18.3. The van der Waals surface area contributed by atoms with Crippen LogP contribution in [-0.2, 0) is 0 Å². The van der Waals surface area contributed by atoms with Gasteiger partial charge in [0.05, 0.1) is 10.2 Å². The van der Waals surface area contributed by atoms with E-state index in [1.54, 1.807) is 17.7 Å². The van der Waals surface area contributed by atoms with E-state index in [-0.39, 0.29) is 12.1 Å². The molecular weight excluding hydrogens is 406 g/mol. The van der Waals surface area contributed by atoms with E-state index in [1.165, 1.54) is 37.7 Å². The van der Waals surface area contributed by atoms with E-state index in [1.807, 2.05) is 18.2 Å². The first-order valence-corrected chi connectivity index (χ1v) is 12.2. The van der Waals surface area contributed by atoms with Gasteiger partial charge in [-0.1, -0.05) is 31.4 Å². The lowest BCUT2D eigenvalue weighted by molar-refractivity contribution is 0.246. The molecule has 1 aromatic carbocycles. The first-order valence-electron chi connectivity index (χ1n) is 11.4. The van der Waals surface area contributed by atoms with E-state index in [2.05, 4.69) is 43.0 Å². The van der Waals surface area contributed by atoms with Gasteiger partial charge in [0, 0.05) is 24.8 Å². The molecule has 3 aromatic rings. The zero-order chi connectivity index (χ0) is 21.0. The number of aromatic nitrogens is 2. The van der Waals surface area contributed by atoms with Crippen LogP contribution < -0.4 is 15.5 Å². The molecule has 0 radical (unpaired) electrons. The van der Waals surface area contributed by atoms with Gasteiger partial charge in [0.25, 0.3) is 0 Å². The van der Waals surface area contributed by atoms with Crippen LogP contribution in [0.15, 0.2) is 42.0 Å². The minimum atomic E-state index is -0.119. The molecule has 2 fully saturated rings. The Labute approximate surface area is 187 Å². The molecule has 2 aromatic heterocycles. The van der Waals surface area contributed by atoms with Crippen LogP contribution in [0.1, 0.15) is 56.4 Å². The lowest BCUT2D eigenvalue weighted by atomic mass is 9.84. The van der Waals surface area contributed by atoms with Crippen LogP contribution in [0.3, 0.4) is 0 Å². The number of rotatable bonds is 4. The van der Waals surface area contributed by atoms with Crippen LogP contribution in [0, 0.1) is 0 Å². The summed E-state index contributed by atoms with van der Waals surface area (Å²) in [4.78, 5) is 23.7. The first kappa shape index (κ1) is 20.2. The van der Waals surface area contributed by atoms with E-state index < -0.39 is 0 Å². The molecule has 0 bridgehead atoms. The molecule has 7 heteroatoms. The van der Waals surface area contributed by atoms with Crippen LogP contribution in [-0.4, -0.2) is 35.1 Å². The highest BCUT2D eigenvalue weighted by atomic mass is 32.1. The van der Waals surface area contributed by atoms with E-state index in [4.69, 9.17) is 0 Å². The highest BCUT2D eigenvalue weighted by Gasteiger charge is 2.23. The maximum Gasteiger partial charge on any atom is 0.319 e. The molecule has 2 aliphatic rings. The zero-order valence-electron chi connectivity index (χ0n) is 17.7. The van der Waals surface area contributed by atoms with Crippen LogP contribution in [0.25, 0.3) is 10.2 Å². The summed E-state index contributed by atoms with van der Waals surface area (Å²) in [5, 5.41) is 8.20. The number of carbonyl (C=O) groups excluding carboxylic acids is 1. The summed E-state index contributed by atoms with van der Waals surface area (Å²) in [6.07, 6.45) is 10.1. The smallest absolute Gasteiger partial charge is 0.319 e. The molecule has 0 spiro atoms. The molecule has 1 aliphatic heterocycles. The molecule has 2 amide bonds. The van der Waals surface area contributed by atoms with Crippen molar-refractivity contribution >= 4 is 39.1 Å². The van der Waals surface area contributed by atoms with Crippen molar-refractivity contribution in [2.24, 2.45) is 0 Å². The Morgan fingerprint density at radius 2 is 1.74 bits per heavy atom. The second-order valence-corrected chi connectivity index (χ2v) is 9.57. The van der Waals surface area contributed by atoms with E-state index in [9.17, 15) is 4.79 Å². The van der Waals surface area contributed by atoms with Gasteiger partial charge in [-0.15, -0.1) is 11.3 Å². The van der Waals surface area contributed by atoms with E-state index >= 15 is 0 Å². The van der Waals surface area contributed by atoms with Gasteiger partial charge in [0.2, 0.25) is 0 Å². The second kappa shape index (κ2) is 9.22. The Morgan fingerprint density at radius 3 is 2.52 bits per heavy atom. The standard InChI is InChI=1S/C24H29N5OS/c30-24(27-19-8-6-18(7-9-19)17-4-2-1-3-5-17)28-20-10-13-29(14-11-20)23-22-21(12-15-31-22)25-16-26-23/h6-9,12,15-17,20H,1-5,10-11,13-14H2,(H2,27,28,30). The lowest BCUT2D eigenvalue weighted by Crippen LogP contribution is -2.46. The predicted octanol–water partition coefficient (Wildman–Crippen LogP) is 5.53. The fourth-order valence-electron chi connectivity index (χ4n) is 4.86. The zero-order valence-corrected chi connectivity index (χ0v) is 18.5. The predicted molar refractivity (Wildman–Crippen MR) is 127 cm³/mol. The first-order chi connectivity index (χ1) is 15.3. The number of piperidine rings is 1.